The van der Waals surface area contributed by atoms with Crippen LogP contribution in [-0.4, -0.2) is 23.2 Å². The number of amides is 1. The molecular weight excluding hydrogens is 268 g/mol. The lowest BCUT2D eigenvalue weighted by Gasteiger charge is -2.11. The van der Waals surface area contributed by atoms with Gasteiger partial charge >= 0.3 is 0 Å². The standard InChI is InChI=1S/C15H18N4O2/c1-9-6-13(10(2)19-18-9)15(20)17-8-11-7-12(16)4-5-14(11)21-3/h4-7H,8,16H2,1-3H3,(H,17,20). The molecule has 0 fully saturated rings. The van der Waals surface area contributed by atoms with Gasteiger partial charge in [-0.3, -0.25) is 4.79 Å². The number of anilines is 1. The van der Waals surface area contributed by atoms with Gasteiger partial charge in [0.1, 0.15) is 5.75 Å². The van der Waals surface area contributed by atoms with Gasteiger partial charge < -0.3 is 15.8 Å². The second-order valence-corrected chi connectivity index (χ2v) is 4.74. The minimum absolute atomic E-state index is 0.199. The second kappa shape index (κ2) is 6.21. The van der Waals surface area contributed by atoms with Gasteiger partial charge in [0.15, 0.2) is 0 Å². The summed E-state index contributed by atoms with van der Waals surface area (Å²) in [5.74, 6) is 0.486. The molecule has 6 heteroatoms. The van der Waals surface area contributed by atoms with Gasteiger partial charge in [-0.05, 0) is 38.1 Å². The van der Waals surface area contributed by atoms with E-state index in [1.807, 2.05) is 0 Å². The van der Waals surface area contributed by atoms with Crippen LogP contribution >= 0.6 is 0 Å². The van der Waals surface area contributed by atoms with E-state index in [0.717, 1.165) is 5.56 Å². The third kappa shape index (κ3) is 3.47. The lowest BCUT2D eigenvalue weighted by atomic mass is 10.1. The highest BCUT2D eigenvalue weighted by Crippen LogP contribution is 2.21. The minimum atomic E-state index is -0.199. The first-order valence-corrected chi connectivity index (χ1v) is 6.52. The first kappa shape index (κ1) is 14.8. The van der Waals surface area contributed by atoms with Crippen molar-refractivity contribution in [3.8, 4) is 5.75 Å². The zero-order valence-electron chi connectivity index (χ0n) is 12.3. The zero-order chi connectivity index (χ0) is 15.4. The predicted molar refractivity (Wildman–Crippen MR) is 80.1 cm³/mol. The molecule has 0 spiro atoms. The molecule has 1 amide bonds. The van der Waals surface area contributed by atoms with Crippen LogP contribution in [0.5, 0.6) is 5.75 Å². The molecule has 0 saturated carbocycles. The van der Waals surface area contributed by atoms with Crippen LogP contribution in [-0.2, 0) is 6.54 Å². The molecule has 2 aromatic rings. The van der Waals surface area contributed by atoms with Gasteiger partial charge in [0.25, 0.3) is 5.91 Å². The quantitative estimate of drug-likeness (QED) is 0.833. The van der Waals surface area contributed by atoms with Crippen molar-refractivity contribution in [3.05, 3.63) is 46.8 Å². The fraction of sp³-hybridized carbons (Fsp3) is 0.267. The Morgan fingerprint density at radius 3 is 2.76 bits per heavy atom. The van der Waals surface area contributed by atoms with Gasteiger partial charge in [-0.1, -0.05) is 0 Å². The molecule has 3 N–H and O–H groups in total. The number of hydrogen-bond donors (Lipinski definition) is 2. The average Bonchev–Trinajstić information content (AvgIpc) is 2.47. The molecule has 0 unspecified atom stereocenters. The van der Waals surface area contributed by atoms with Crippen molar-refractivity contribution < 1.29 is 9.53 Å². The van der Waals surface area contributed by atoms with Crippen LogP contribution in [0, 0.1) is 13.8 Å². The van der Waals surface area contributed by atoms with Crippen molar-refractivity contribution in [1.29, 1.82) is 0 Å². The van der Waals surface area contributed by atoms with E-state index in [-0.39, 0.29) is 5.91 Å². The molecule has 0 bridgehead atoms. The smallest absolute Gasteiger partial charge is 0.253 e. The molecular formula is C15H18N4O2. The zero-order valence-corrected chi connectivity index (χ0v) is 12.3. The van der Waals surface area contributed by atoms with Gasteiger partial charge in [0, 0.05) is 17.8 Å². The maximum atomic E-state index is 12.2. The molecule has 1 aromatic carbocycles. The number of nitrogen functional groups attached to an aromatic ring is 1. The molecule has 1 aromatic heterocycles. The molecule has 0 atom stereocenters. The van der Waals surface area contributed by atoms with Crippen LogP contribution < -0.4 is 15.8 Å². The van der Waals surface area contributed by atoms with Crippen molar-refractivity contribution in [2.24, 2.45) is 0 Å². The number of carbonyl (C=O) groups excluding carboxylic acids is 1. The molecule has 0 aliphatic rings. The Balaban J connectivity index is 2.14. The van der Waals surface area contributed by atoms with Crippen molar-refractivity contribution >= 4 is 11.6 Å². The predicted octanol–water partition coefficient (Wildman–Crippen LogP) is 1.61. The van der Waals surface area contributed by atoms with Gasteiger partial charge in [0.2, 0.25) is 0 Å². The summed E-state index contributed by atoms with van der Waals surface area (Å²) in [7, 11) is 1.58. The summed E-state index contributed by atoms with van der Waals surface area (Å²) in [6, 6.07) is 7.03. The number of benzene rings is 1. The molecule has 0 aliphatic carbocycles. The number of nitrogens with zero attached hydrogens (tertiary/aromatic N) is 2. The molecule has 6 nitrogen and oxygen atoms in total. The van der Waals surface area contributed by atoms with Crippen LogP contribution in [0.25, 0.3) is 0 Å². The number of ether oxygens (including phenoxy) is 1. The lowest BCUT2D eigenvalue weighted by Crippen LogP contribution is -2.24. The fourth-order valence-corrected chi connectivity index (χ4v) is 1.99. The molecule has 0 saturated heterocycles. The third-order valence-corrected chi connectivity index (χ3v) is 3.09. The number of aromatic nitrogens is 2. The van der Waals surface area contributed by atoms with Crippen molar-refractivity contribution in [1.82, 2.24) is 15.5 Å². The van der Waals surface area contributed by atoms with Crippen LogP contribution in [0.3, 0.4) is 0 Å². The van der Waals surface area contributed by atoms with Gasteiger partial charge in [-0.15, -0.1) is 0 Å². The molecule has 0 aliphatic heterocycles. The Labute approximate surface area is 123 Å². The van der Waals surface area contributed by atoms with Crippen molar-refractivity contribution in [2.45, 2.75) is 20.4 Å². The summed E-state index contributed by atoms with van der Waals surface area (Å²) in [6.07, 6.45) is 0. The van der Waals surface area contributed by atoms with Gasteiger partial charge in [-0.2, -0.15) is 10.2 Å². The minimum Gasteiger partial charge on any atom is -0.496 e. The fourth-order valence-electron chi connectivity index (χ4n) is 1.99. The first-order valence-electron chi connectivity index (χ1n) is 6.52. The van der Waals surface area contributed by atoms with Crippen LogP contribution in [0.15, 0.2) is 24.3 Å². The number of hydrogen-bond acceptors (Lipinski definition) is 5. The van der Waals surface area contributed by atoms with E-state index in [0.29, 0.717) is 34.9 Å². The van der Waals surface area contributed by atoms with E-state index in [4.69, 9.17) is 10.5 Å². The highest BCUT2D eigenvalue weighted by Gasteiger charge is 2.12. The Morgan fingerprint density at radius 2 is 2.05 bits per heavy atom. The molecule has 21 heavy (non-hydrogen) atoms. The number of carbonyl (C=O) groups is 1. The summed E-state index contributed by atoms with van der Waals surface area (Å²) < 4.78 is 5.25. The Bertz CT molecular complexity index is 671. The molecule has 110 valence electrons. The highest BCUT2D eigenvalue weighted by atomic mass is 16.5. The summed E-state index contributed by atoms with van der Waals surface area (Å²) in [5, 5.41) is 10.7. The number of rotatable bonds is 4. The van der Waals surface area contributed by atoms with Crippen LogP contribution in [0.1, 0.15) is 27.3 Å². The number of methoxy groups -OCH3 is 1. The average molecular weight is 286 g/mol. The summed E-state index contributed by atoms with van der Waals surface area (Å²) in [6.45, 7) is 3.88. The summed E-state index contributed by atoms with van der Waals surface area (Å²) >= 11 is 0. The Kier molecular flexibility index (Phi) is 4.37. The van der Waals surface area contributed by atoms with E-state index < -0.39 is 0 Å². The normalized spacial score (nSPS) is 10.2. The van der Waals surface area contributed by atoms with E-state index in [9.17, 15) is 4.79 Å². The monoisotopic (exact) mass is 286 g/mol. The largest absolute Gasteiger partial charge is 0.496 e. The maximum Gasteiger partial charge on any atom is 0.253 e. The Morgan fingerprint density at radius 1 is 1.29 bits per heavy atom. The van der Waals surface area contributed by atoms with E-state index >= 15 is 0 Å². The van der Waals surface area contributed by atoms with Crippen molar-refractivity contribution in [2.75, 3.05) is 12.8 Å². The first-order chi connectivity index (χ1) is 10.0. The van der Waals surface area contributed by atoms with E-state index in [1.165, 1.54) is 0 Å². The number of nitrogens with two attached hydrogens (primary N) is 1. The van der Waals surface area contributed by atoms with E-state index in [1.54, 1.807) is 45.2 Å². The summed E-state index contributed by atoms with van der Waals surface area (Å²) in [4.78, 5) is 12.2. The second-order valence-electron chi connectivity index (χ2n) is 4.74. The third-order valence-electron chi connectivity index (χ3n) is 3.09. The van der Waals surface area contributed by atoms with Gasteiger partial charge in [0.05, 0.1) is 24.1 Å². The SMILES string of the molecule is COc1ccc(N)cc1CNC(=O)c1cc(C)nnc1C. The van der Waals surface area contributed by atoms with Crippen LogP contribution in [0.4, 0.5) is 5.69 Å². The van der Waals surface area contributed by atoms with E-state index in [2.05, 4.69) is 15.5 Å². The van der Waals surface area contributed by atoms with Crippen LogP contribution in [0.2, 0.25) is 0 Å². The molecule has 0 radical (unpaired) electrons. The maximum absolute atomic E-state index is 12.2. The number of aryl methyl sites for hydroxylation is 2. The topological polar surface area (TPSA) is 90.1 Å². The molecule has 1 heterocycles. The Hall–Kier alpha value is -2.63. The van der Waals surface area contributed by atoms with Crippen molar-refractivity contribution in [3.63, 3.8) is 0 Å². The summed E-state index contributed by atoms with van der Waals surface area (Å²) in [5.41, 5.74) is 9.02. The molecule has 2 rings (SSSR count). The number of nitrogens with one attached hydrogen (secondary N) is 1. The van der Waals surface area contributed by atoms with Gasteiger partial charge in [-0.25, -0.2) is 0 Å². The highest BCUT2D eigenvalue weighted by molar-refractivity contribution is 5.95. The lowest BCUT2D eigenvalue weighted by molar-refractivity contribution is 0.0949.